The summed E-state index contributed by atoms with van der Waals surface area (Å²) in [5.41, 5.74) is 0. The Hall–Kier alpha value is -1.94. The van der Waals surface area contributed by atoms with Gasteiger partial charge in [-0.1, -0.05) is 279 Å². The molecule has 0 rings (SSSR count). The van der Waals surface area contributed by atoms with E-state index in [1.165, 1.54) is 148 Å². The van der Waals surface area contributed by atoms with Crippen molar-refractivity contribution in [2.45, 2.75) is 349 Å². The second-order valence-electron chi connectivity index (χ2n) is 24.6. The highest BCUT2D eigenvalue weighted by Gasteiger charge is 2.30. The fourth-order valence-corrected chi connectivity index (χ4v) is 11.4. The molecule has 0 heterocycles. The van der Waals surface area contributed by atoms with Gasteiger partial charge in [0.15, 0.2) is 12.2 Å². The predicted molar refractivity (Wildman–Crippen MR) is 340 cm³/mol. The van der Waals surface area contributed by atoms with E-state index < -0.39 is 97.5 Å². The third-order valence-corrected chi connectivity index (χ3v) is 17.5. The maximum absolute atomic E-state index is 13.0. The predicted octanol–water partition coefficient (Wildman–Crippen LogP) is 18.4. The minimum atomic E-state index is -4.95. The molecule has 6 atom stereocenters. The van der Waals surface area contributed by atoms with Crippen LogP contribution in [-0.2, 0) is 65.4 Å². The van der Waals surface area contributed by atoms with Gasteiger partial charge in [-0.05, 0) is 37.5 Å². The summed E-state index contributed by atoms with van der Waals surface area (Å²) in [6, 6.07) is 0. The van der Waals surface area contributed by atoms with Crippen LogP contribution in [0.3, 0.4) is 0 Å². The molecule has 0 aliphatic heterocycles. The first-order chi connectivity index (χ1) is 40.9. The van der Waals surface area contributed by atoms with Crippen LogP contribution in [0.5, 0.6) is 0 Å². The van der Waals surface area contributed by atoms with Crippen LogP contribution in [0, 0.1) is 11.8 Å². The van der Waals surface area contributed by atoms with Gasteiger partial charge in [-0.3, -0.25) is 37.3 Å². The van der Waals surface area contributed by atoms with Crippen molar-refractivity contribution < 1.29 is 80.2 Å². The molecule has 85 heavy (non-hydrogen) atoms. The maximum Gasteiger partial charge on any atom is 0.472 e. The Kier molecular flexibility index (Phi) is 57.1. The zero-order valence-corrected chi connectivity index (χ0v) is 56.7. The number of hydrogen-bond donors (Lipinski definition) is 3. The number of ether oxygens (including phenoxy) is 4. The lowest BCUT2D eigenvalue weighted by molar-refractivity contribution is -0.161. The van der Waals surface area contributed by atoms with Crippen LogP contribution >= 0.6 is 15.6 Å². The number of unbranched alkanes of at least 4 members (excludes halogenated alkanes) is 34. The molecular formula is C66H128O17P2. The van der Waals surface area contributed by atoms with E-state index in [0.29, 0.717) is 25.7 Å². The monoisotopic (exact) mass is 1250 g/mol. The topological polar surface area (TPSA) is 237 Å². The van der Waals surface area contributed by atoms with Crippen LogP contribution in [-0.4, -0.2) is 96.7 Å². The molecule has 3 N–H and O–H groups in total. The SMILES string of the molecule is CCCCCCCCCCCCC(=O)OC[C@H](COP(=O)(O)OC[C@H](O)COP(=O)(O)OC[C@@H](COC(=O)CCCCCCCCCCC(C)CC)OC(=O)CCCCCCCCCCCCC(C)C)OC(=O)CCCCCCCCCCCC. The zero-order chi connectivity index (χ0) is 62.9. The Labute approximate surface area is 517 Å². The van der Waals surface area contributed by atoms with Crippen LogP contribution in [0.25, 0.3) is 0 Å². The van der Waals surface area contributed by atoms with E-state index in [1.54, 1.807) is 0 Å². The van der Waals surface area contributed by atoms with E-state index >= 15 is 0 Å². The number of aliphatic hydroxyl groups excluding tert-OH is 1. The van der Waals surface area contributed by atoms with E-state index in [4.69, 9.17) is 37.0 Å². The quantitative estimate of drug-likeness (QED) is 0.0222. The summed E-state index contributed by atoms with van der Waals surface area (Å²) >= 11 is 0. The summed E-state index contributed by atoms with van der Waals surface area (Å²) in [6.45, 7) is 9.49. The van der Waals surface area contributed by atoms with Crippen LogP contribution in [0.2, 0.25) is 0 Å². The first-order valence-electron chi connectivity index (χ1n) is 34.5. The van der Waals surface area contributed by atoms with Gasteiger partial charge in [0.1, 0.15) is 19.3 Å². The molecule has 0 bridgehead atoms. The molecule has 0 aliphatic carbocycles. The number of esters is 4. The first-order valence-corrected chi connectivity index (χ1v) is 37.5. The molecule has 0 aromatic carbocycles. The largest absolute Gasteiger partial charge is 0.472 e. The van der Waals surface area contributed by atoms with Crippen LogP contribution in [0.15, 0.2) is 0 Å². The molecule has 0 aromatic rings. The average molecular weight is 1260 g/mol. The number of phosphoric acid groups is 2. The van der Waals surface area contributed by atoms with Crippen molar-refractivity contribution in [3.8, 4) is 0 Å². The third kappa shape index (κ3) is 59.5. The number of carbonyl (C=O) groups excluding carboxylic acids is 4. The Morgan fingerprint density at radius 2 is 0.600 bits per heavy atom. The first kappa shape index (κ1) is 83.1. The lowest BCUT2D eigenvalue weighted by Gasteiger charge is -2.21. The summed E-state index contributed by atoms with van der Waals surface area (Å²) in [5.74, 6) is -0.601. The molecule has 0 aliphatic rings. The van der Waals surface area contributed by atoms with E-state index in [9.17, 15) is 43.2 Å². The number of rotatable bonds is 65. The van der Waals surface area contributed by atoms with Crippen molar-refractivity contribution in [3.63, 3.8) is 0 Å². The molecule has 0 amide bonds. The van der Waals surface area contributed by atoms with Crippen molar-refractivity contribution in [3.05, 3.63) is 0 Å². The zero-order valence-electron chi connectivity index (χ0n) is 54.9. The van der Waals surface area contributed by atoms with Crippen molar-refractivity contribution in [2.75, 3.05) is 39.6 Å². The van der Waals surface area contributed by atoms with E-state index in [0.717, 1.165) is 102 Å². The minimum Gasteiger partial charge on any atom is -0.462 e. The molecule has 0 aromatic heterocycles. The summed E-state index contributed by atoms with van der Waals surface area (Å²) in [5, 5.41) is 10.5. The molecule has 0 spiro atoms. The van der Waals surface area contributed by atoms with Gasteiger partial charge in [0.05, 0.1) is 26.4 Å². The second-order valence-corrected chi connectivity index (χ2v) is 27.5. The van der Waals surface area contributed by atoms with Crippen LogP contribution in [0.1, 0.15) is 330 Å². The fraction of sp³-hybridized carbons (Fsp3) is 0.939. The fourth-order valence-electron chi connectivity index (χ4n) is 9.85. The van der Waals surface area contributed by atoms with Crippen LogP contribution in [0.4, 0.5) is 0 Å². The van der Waals surface area contributed by atoms with Crippen LogP contribution < -0.4 is 0 Å². The Bertz CT molecular complexity index is 1670. The molecule has 0 saturated heterocycles. The minimum absolute atomic E-state index is 0.105. The number of carbonyl (C=O) groups is 4. The highest BCUT2D eigenvalue weighted by molar-refractivity contribution is 7.47. The molecule has 3 unspecified atom stereocenters. The van der Waals surface area contributed by atoms with E-state index in [1.807, 2.05) is 0 Å². The second kappa shape index (κ2) is 58.4. The standard InChI is InChI=1S/C66H128O17P2/c1-7-10-12-14-16-18-23-30-36-42-48-63(68)76-54-61(82-65(70)50-44-38-32-24-19-17-15-13-11-8-2)56-80-84(72,73)78-52-60(67)53-79-85(74,75)81-57-62(55-77-64(69)49-43-37-31-27-26-29-35-41-47-59(6)9-3)83-66(71)51-45-39-33-25-21-20-22-28-34-40-46-58(4)5/h58-62,67H,7-57H2,1-6H3,(H,72,73)(H,74,75)/t59?,60-,61+,62+/m0/s1. The Morgan fingerprint density at radius 1 is 0.341 bits per heavy atom. The third-order valence-electron chi connectivity index (χ3n) is 15.6. The molecule has 0 radical (unpaired) electrons. The normalized spacial score (nSPS) is 14.6. The van der Waals surface area contributed by atoms with Gasteiger partial charge >= 0.3 is 39.5 Å². The van der Waals surface area contributed by atoms with Gasteiger partial charge in [-0.2, -0.15) is 0 Å². The van der Waals surface area contributed by atoms with Gasteiger partial charge < -0.3 is 33.8 Å². The highest BCUT2D eigenvalue weighted by atomic mass is 31.2. The molecule has 19 heteroatoms. The van der Waals surface area contributed by atoms with Gasteiger partial charge in [-0.15, -0.1) is 0 Å². The smallest absolute Gasteiger partial charge is 0.462 e. The molecular weight excluding hydrogens is 1130 g/mol. The van der Waals surface area contributed by atoms with Crippen molar-refractivity contribution in [1.29, 1.82) is 0 Å². The Balaban J connectivity index is 5.25. The summed E-state index contributed by atoms with van der Waals surface area (Å²) in [6.07, 6.45) is 41.5. The highest BCUT2D eigenvalue weighted by Crippen LogP contribution is 2.45. The summed E-state index contributed by atoms with van der Waals surface area (Å²) in [7, 11) is -9.89. The molecule has 504 valence electrons. The summed E-state index contributed by atoms with van der Waals surface area (Å²) in [4.78, 5) is 72.3. The maximum atomic E-state index is 13.0. The van der Waals surface area contributed by atoms with E-state index in [-0.39, 0.29) is 25.7 Å². The summed E-state index contributed by atoms with van der Waals surface area (Å²) < 4.78 is 68.1. The number of phosphoric ester groups is 2. The van der Waals surface area contributed by atoms with Crippen molar-refractivity contribution in [2.24, 2.45) is 11.8 Å². The lowest BCUT2D eigenvalue weighted by Crippen LogP contribution is -2.30. The molecule has 17 nitrogen and oxygen atoms in total. The Morgan fingerprint density at radius 3 is 0.894 bits per heavy atom. The van der Waals surface area contributed by atoms with Crippen molar-refractivity contribution >= 4 is 39.5 Å². The lowest BCUT2D eigenvalue weighted by atomic mass is 9.99. The number of hydrogen-bond acceptors (Lipinski definition) is 15. The molecule has 0 fully saturated rings. The average Bonchev–Trinajstić information content (AvgIpc) is 3.47. The van der Waals surface area contributed by atoms with Crippen molar-refractivity contribution in [1.82, 2.24) is 0 Å². The number of aliphatic hydroxyl groups is 1. The van der Waals surface area contributed by atoms with E-state index in [2.05, 4.69) is 41.5 Å². The van der Waals surface area contributed by atoms with Gasteiger partial charge in [0, 0.05) is 25.7 Å². The van der Waals surface area contributed by atoms with Gasteiger partial charge in [0.2, 0.25) is 0 Å². The molecule has 0 saturated carbocycles. The van der Waals surface area contributed by atoms with Gasteiger partial charge in [-0.25, -0.2) is 9.13 Å². The van der Waals surface area contributed by atoms with Gasteiger partial charge in [0.25, 0.3) is 0 Å².